The normalized spacial score (nSPS) is 25.6. The van der Waals surface area contributed by atoms with E-state index in [1.165, 1.54) is 30.3 Å². The summed E-state index contributed by atoms with van der Waals surface area (Å²) in [5.41, 5.74) is -0.839. The summed E-state index contributed by atoms with van der Waals surface area (Å²) in [6, 6.07) is 1.46. The van der Waals surface area contributed by atoms with Gasteiger partial charge in [0, 0.05) is 25.4 Å². The molecule has 2 rings (SSSR count). The summed E-state index contributed by atoms with van der Waals surface area (Å²) >= 11 is 0. The van der Waals surface area contributed by atoms with Gasteiger partial charge in [-0.1, -0.05) is 26.7 Å². The minimum atomic E-state index is -0.470. The van der Waals surface area contributed by atoms with E-state index in [4.69, 9.17) is 0 Å². The molecule has 21 heavy (non-hydrogen) atoms. The van der Waals surface area contributed by atoms with Crippen LogP contribution in [0.4, 0.5) is 0 Å². The molecule has 3 atom stereocenters. The number of amides is 1. The van der Waals surface area contributed by atoms with E-state index in [1.54, 1.807) is 0 Å². The summed E-state index contributed by atoms with van der Waals surface area (Å²) in [6.07, 6.45) is 4.68. The average Bonchev–Trinajstić information content (AvgIpc) is 2.45. The molecule has 6 nitrogen and oxygen atoms in total. The molecule has 1 aliphatic carbocycles. The zero-order valence-corrected chi connectivity index (χ0v) is 12.8. The van der Waals surface area contributed by atoms with Crippen molar-refractivity contribution in [2.24, 2.45) is 18.9 Å². The molecule has 1 aromatic rings. The van der Waals surface area contributed by atoms with Crippen LogP contribution in [0.3, 0.4) is 0 Å². The van der Waals surface area contributed by atoms with Crippen molar-refractivity contribution in [1.82, 2.24) is 14.5 Å². The van der Waals surface area contributed by atoms with Crippen molar-refractivity contribution in [3.8, 4) is 0 Å². The van der Waals surface area contributed by atoms with Crippen LogP contribution in [0, 0.1) is 11.8 Å². The fourth-order valence-corrected chi connectivity index (χ4v) is 2.93. The standard InChI is InChI=1S/C15H23N3O3/c1-10-5-4-6-12(11(10)2)16-13(19)9-18-8-7-14(20)17(3)15(18)21/h7-8,10-12H,4-6,9H2,1-3H3,(H,16,19)/t10-,11-,12+/m1/s1. The maximum atomic E-state index is 12.1. The first-order chi connectivity index (χ1) is 9.90. The Hall–Kier alpha value is -1.85. The number of carbonyl (C=O) groups excluding carboxylic acids is 1. The van der Waals surface area contributed by atoms with Gasteiger partial charge in [0.2, 0.25) is 5.91 Å². The van der Waals surface area contributed by atoms with Gasteiger partial charge in [-0.3, -0.25) is 18.7 Å². The zero-order valence-electron chi connectivity index (χ0n) is 12.8. The van der Waals surface area contributed by atoms with Crippen molar-refractivity contribution in [3.63, 3.8) is 0 Å². The lowest BCUT2D eigenvalue weighted by Crippen LogP contribution is -2.46. The molecule has 1 amide bonds. The highest BCUT2D eigenvalue weighted by molar-refractivity contribution is 5.76. The molecule has 0 spiro atoms. The van der Waals surface area contributed by atoms with E-state index in [0.717, 1.165) is 17.4 Å². The number of nitrogens with zero attached hydrogens (tertiary/aromatic N) is 2. The van der Waals surface area contributed by atoms with Crippen LogP contribution in [-0.4, -0.2) is 21.1 Å². The number of rotatable bonds is 3. The third-order valence-electron chi connectivity index (χ3n) is 4.63. The van der Waals surface area contributed by atoms with Crippen LogP contribution >= 0.6 is 0 Å². The van der Waals surface area contributed by atoms with E-state index in [2.05, 4.69) is 19.2 Å². The number of hydrogen-bond donors (Lipinski definition) is 1. The molecule has 1 aromatic heterocycles. The molecule has 0 unspecified atom stereocenters. The van der Waals surface area contributed by atoms with Crippen molar-refractivity contribution in [2.75, 3.05) is 0 Å². The second kappa shape index (κ2) is 6.28. The van der Waals surface area contributed by atoms with E-state index >= 15 is 0 Å². The molecule has 0 aliphatic heterocycles. The minimum absolute atomic E-state index is 0.0510. The smallest absolute Gasteiger partial charge is 0.331 e. The van der Waals surface area contributed by atoms with E-state index in [9.17, 15) is 14.4 Å². The summed E-state index contributed by atoms with van der Waals surface area (Å²) in [5.74, 6) is 0.866. The lowest BCUT2D eigenvalue weighted by Gasteiger charge is -2.34. The molecule has 1 heterocycles. The van der Waals surface area contributed by atoms with Crippen LogP contribution in [0.15, 0.2) is 21.9 Å². The third kappa shape index (κ3) is 3.43. The quantitative estimate of drug-likeness (QED) is 0.881. The van der Waals surface area contributed by atoms with Crippen LogP contribution in [0.2, 0.25) is 0 Å². The van der Waals surface area contributed by atoms with E-state index in [0.29, 0.717) is 11.8 Å². The van der Waals surface area contributed by atoms with Crippen molar-refractivity contribution in [3.05, 3.63) is 33.1 Å². The Morgan fingerprint density at radius 1 is 1.33 bits per heavy atom. The number of nitrogens with one attached hydrogen (secondary N) is 1. The molecule has 1 saturated carbocycles. The monoisotopic (exact) mass is 293 g/mol. The fraction of sp³-hybridized carbons (Fsp3) is 0.667. The Kier molecular flexibility index (Phi) is 4.65. The van der Waals surface area contributed by atoms with Crippen molar-refractivity contribution >= 4 is 5.91 Å². The van der Waals surface area contributed by atoms with Crippen LogP contribution in [-0.2, 0) is 18.4 Å². The van der Waals surface area contributed by atoms with Gasteiger partial charge in [0.1, 0.15) is 6.54 Å². The van der Waals surface area contributed by atoms with Gasteiger partial charge < -0.3 is 5.32 Å². The summed E-state index contributed by atoms with van der Waals surface area (Å²) < 4.78 is 2.26. The largest absolute Gasteiger partial charge is 0.352 e. The highest BCUT2D eigenvalue weighted by Gasteiger charge is 2.28. The molecule has 0 bridgehead atoms. The second-order valence-corrected chi connectivity index (χ2v) is 6.06. The molecular formula is C15H23N3O3. The Morgan fingerprint density at radius 3 is 2.76 bits per heavy atom. The SMILES string of the molecule is C[C@@H]1[C@H](C)CCC[C@@H]1NC(=O)Cn1ccc(=O)n(C)c1=O. The lowest BCUT2D eigenvalue weighted by atomic mass is 9.78. The number of carbonyl (C=O) groups is 1. The van der Waals surface area contributed by atoms with Crippen LogP contribution in [0.25, 0.3) is 0 Å². The summed E-state index contributed by atoms with van der Waals surface area (Å²) in [5, 5.41) is 3.02. The van der Waals surface area contributed by atoms with E-state index in [1.807, 2.05) is 0 Å². The predicted molar refractivity (Wildman–Crippen MR) is 80.1 cm³/mol. The second-order valence-electron chi connectivity index (χ2n) is 6.06. The molecule has 1 fully saturated rings. The number of aromatic nitrogens is 2. The minimum Gasteiger partial charge on any atom is -0.352 e. The lowest BCUT2D eigenvalue weighted by molar-refractivity contribution is -0.123. The van der Waals surface area contributed by atoms with Gasteiger partial charge in [-0.25, -0.2) is 4.79 Å². The fourth-order valence-electron chi connectivity index (χ4n) is 2.93. The maximum absolute atomic E-state index is 12.1. The Balaban J connectivity index is 2.04. The molecule has 0 radical (unpaired) electrons. The van der Waals surface area contributed by atoms with E-state index in [-0.39, 0.29) is 24.1 Å². The Morgan fingerprint density at radius 2 is 2.05 bits per heavy atom. The van der Waals surface area contributed by atoms with Crippen LogP contribution in [0.1, 0.15) is 33.1 Å². The highest BCUT2D eigenvalue weighted by atomic mass is 16.2. The molecule has 116 valence electrons. The Labute approximate surface area is 123 Å². The third-order valence-corrected chi connectivity index (χ3v) is 4.63. The Bertz CT molecular complexity index is 632. The first-order valence-electron chi connectivity index (χ1n) is 7.46. The van der Waals surface area contributed by atoms with Gasteiger partial charge in [-0.2, -0.15) is 0 Å². The van der Waals surface area contributed by atoms with Crippen molar-refractivity contribution < 1.29 is 4.79 Å². The van der Waals surface area contributed by atoms with Gasteiger partial charge in [0.05, 0.1) is 0 Å². The average molecular weight is 293 g/mol. The van der Waals surface area contributed by atoms with Gasteiger partial charge in [-0.05, 0) is 18.3 Å². The van der Waals surface area contributed by atoms with Gasteiger partial charge in [0.25, 0.3) is 5.56 Å². The molecule has 6 heteroatoms. The predicted octanol–water partition coefficient (Wildman–Crippen LogP) is 0.488. The van der Waals surface area contributed by atoms with E-state index < -0.39 is 5.69 Å². The molecular weight excluding hydrogens is 270 g/mol. The summed E-state index contributed by atoms with van der Waals surface area (Å²) in [7, 11) is 1.41. The highest BCUT2D eigenvalue weighted by Crippen LogP contribution is 2.29. The van der Waals surface area contributed by atoms with Crippen molar-refractivity contribution in [2.45, 2.75) is 45.7 Å². The summed E-state index contributed by atoms with van der Waals surface area (Å²) in [4.78, 5) is 35.3. The zero-order chi connectivity index (χ0) is 15.6. The van der Waals surface area contributed by atoms with Crippen LogP contribution in [0.5, 0.6) is 0 Å². The summed E-state index contributed by atoms with van der Waals surface area (Å²) in [6.45, 7) is 4.32. The number of hydrogen-bond acceptors (Lipinski definition) is 3. The van der Waals surface area contributed by atoms with Crippen LogP contribution < -0.4 is 16.6 Å². The molecule has 1 aliphatic rings. The first kappa shape index (κ1) is 15.5. The molecule has 1 N–H and O–H groups in total. The van der Waals surface area contributed by atoms with Gasteiger partial charge >= 0.3 is 5.69 Å². The molecule has 0 aromatic carbocycles. The molecule has 0 saturated heterocycles. The first-order valence-corrected chi connectivity index (χ1v) is 7.46. The topological polar surface area (TPSA) is 73.1 Å². The maximum Gasteiger partial charge on any atom is 0.331 e. The van der Waals surface area contributed by atoms with Gasteiger partial charge in [-0.15, -0.1) is 0 Å². The van der Waals surface area contributed by atoms with Crippen molar-refractivity contribution in [1.29, 1.82) is 0 Å². The van der Waals surface area contributed by atoms with Gasteiger partial charge in [0.15, 0.2) is 0 Å².